The summed E-state index contributed by atoms with van der Waals surface area (Å²) in [5.74, 6) is 8.76. The third-order valence-corrected chi connectivity index (χ3v) is 8.06. The summed E-state index contributed by atoms with van der Waals surface area (Å²) in [6.07, 6.45) is 5.03. The van der Waals surface area contributed by atoms with Crippen LogP contribution in [0.5, 0.6) is 0 Å². The fraction of sp³-hybridized carbons (Fsp3) is 0.516. The molecule has 1 fully saturated rings. The number of carbonyl (C=O) groups excluding carboxylic acids is 1. The third-order valence-electron chi connectivity index (χ3n) is 8.06. The monoisotopic (exact) mass is 547 g/mol. The minimum atomic E-state index is -0.718. The molecule has 0 amide bonds. The molecule has 0 bridgehead atoms. The fourth-order valence-corrected chi connectivity index (χ4v) is 5.36. The van der Waals surface area contributed by atoms with E-state index in [9.17, 15) is 9.90 Å². The molecule has 0 radical (unpaired) electrons. The zero-order chi connectivity index (χ0) is 28.7. The van der Waals surface area contributed by atoms with Crippen molar-refractivity contribution < 1.29 is 19.2 Å². The van der Waals surface area contributed by atoms with Gasteiger partial charge in [-0.15, -0.1) is 0 Å². The first-order valence-corrected chi connectivity index (χ1v) is 14.2. The minimum absolute atomic E-state index is 0.131. The lowest BCUT2D eigenvalue weighted by molar-refractivity contribution is -0.143. The van der Waals surface area contributed by atoms with E-state index in [1.807, 2.05) is 41.8 Å². The summed E-state index contributed by atoms with van der Waals surface area (Å²) >= 11 is 0. The SMILES string of the molecule is CCOC(=O)CCCNC[C@@H]1[C@@H](C#Cc2ccc(-c3cc([C@@H](CN)n4ccnc4[C@H](C)O)no3)cc2)C1(C)CC. The van der Waals surface area contributed by atoms with Gasteiger partial charge in [-0.1, -0.05) is 30.8 Å². The molecule has 40 heavy (non-hydrogen) atoms. The maximum atomic E-state index is 11.5. The highest BCUT2D eigenvalue weighted by molar-refractivity contribution is 5.69. The van der Waals surface area contributed by atoms with Crippen molar-refractivity contribution in [3.05, 3.63) is 59.8 Å². The lowest BCUT2D eigenvalue weighted by Crippen LogP contribution is -2.22. The molecular weight excluding hydrogens is 506 g/mol. The number of hydrogen-bond donors (Lipinski definition) is 3. The summed E-state index contributed by atoms with van der Waals surface area (Å²) < 4.78 is 12.5. The molecule has 3 aromatic rings. The lowest BCUT2D eigenvalue weighted by atomic mass is 10.0. The standard InChI is InChI=1S/C31H41N5O4/c1-5-31(4)24(25(31)20-33-15-7-8-29(38)39-6-2)14-11-22-9-12-23(13-10-22)28-18-26(35-40-28)27(19-32)36-17-16-34-30(36)21(3)37/h9-10,12-13,16-18,21,24-25,27,33,37H,5-8,15,19-20,32H2,1-4H3/t21-,24+,25+,27+,31?/m0/s1. The molecule has 5 atom stereocenters. The minimum Gasteiger partial charge on any atom is -0.466 e. The molecule has 4 N–H and O–H groups in total. The smallest absolute Gasteiger partial charge is 0.305 e. The maximum absolute atomic E-state index is 11.5. The molecule has 1 saturated carbocycles. The molecule has 2 aromatic heterocycles. The van der Waals surface area contributed by atoms with E-state index in [1.165, 1.54) is 0 Å². The van der Waals surface area contributed by atoms with E-state index >= 15 is 0 Å². The van der Waals surface area contributed by atoms with Crippen LogP contribution in [0.15, 0.2) is 47.2 Å². The molecule has 0 spiro atoms. The van der Waals surface area contributed by atoms with Crippen LogP contribution in [0.1, 0.15) is 76.2 Å². The first kappa shape index (κ1) is 29.5. The van der Waals surface area contributed by atoms with Crippen LogP contribution in [-0.4, -0.2) is 52.0 Å². The Kier molecular flexibility index (Phi) is 9.80. The van der Waals surface area contributed by atoms with E-state index in [1.54, 1.807) is 19.3 Å². The summed E-state index contributed by atoms with van der Waals surface area (Å²) in [5, 5.41) is 17.8. The molecule has 2 heterocycles. The Morgan fingerprint density at radius 1 is 1.32 bits per heavy atom. The van der Waals surface area contributed by atoms with Crippen molar-refractivity contribution in [2.45, 2.75) is 59.1 Å². The van der Waals surface area contributed by atoms with Crippen molar-refractivity contribution in [3.8, 4) is 23.2 Å². The van der Waals surface area contributed by atoms with Gasteiger partial charge in [0, 0.05) is 48.5 Å². The Morgan fingerprint density at radius 3 is 2.77 bits per heavy atom. The lowest BCUT2D eigenvalue weighted by Gasteiger charge is -2.17. The van der Waals surface area contributed by atoms with E-state index in [4.69, 9.17) is 15.0 Å². The summed E-state index contributed by atoms with van der Waals surface area (Å²) in [6.45, 7) is 10.5. The van der Waals surface area contributed by atoms with Gasteiger partial charge in [-0.2, -0.15) is 0 Å². The number of ether oxygens (including phenoxy) is 1. The highest BCUT2D eigenvalue weighted by atomic mass is 16.5. The Balaban J connectivity index is 1.35. The van der Waals surface area contributed by atoms with Crippen LogP contribution < -0.4 is 11.1 Å². The number of nitrogens with zero attached hydrogens (tertiary/aromatic N) is 3. The number of esters is 1. The van der Waals surface area contributed by atoms with Crippen molar-refractivity contribution in [1.29, 1.82) is 0 Å². The van der Waals surface area contributed by atoms with E-state index in [0.29, 0.717) is 48.7 Å². The van der Waals surface area contributed by atoms with Gasteiger partial charge in [-0.25, -0.2) is 4.98 Å². The van der Waals surface area contributed by atoms with Gasteiger partial charge >= 0.3 is 5.97 Å². The second kappa shape index (κ2) is 13.3. The van der Waals surface area contributed by atoms with Crippen LogP contribution in [0.25, 0.3) is 11.3 Å². The number of hydrogen-bond acceptors (Lipinski definition) is 8. The van der Waals surface area contributed by atoms with Gasteiger partial charge in [0.2, 0.25) is 0 Å². The number of benzene rings is 1. The normalized spacial score (nSPS) is 21.4. The van der Waals surface area contributed by atoms with Gasteiger partial charge in [-0.05, 0) is 75.4 Å². The average molecular weight is 548 g/mol. The average Bonchev–Trinajstić information content (AvgIpc) is 3.36. The van der Waals surface area contributed by atoms with Gasteiger partial charge < -0.3 is 30.0 Å². The van der Waals surface area contributed by atoms with Crippen LogP contribution in [0.4, 0.5) is 0 Å². The zero-order valence-electron chi connectivity index (χ0n) is 23.9. The second-order valence-corrected chi connectivity index (χ2v) is 10.6. The second-order valence-electron chi connectivity index (χ2n) is 10.6. The quantitative estimate of drug-likeness (QED) is 0.166. The first-order valence-electron chi connectivity index (χ1n) is 14.2. The Morgan fingerprint density at radius 2 is 2.10 bits per heavy atom. The zero-order valence-corrected chi connectivity index (χ0v) is 23.9. The number of rotatable bonds is 13. The third kappa shape index (κ3) is 6.64. The van der Waals surface area contributed by atoms with Crippen LogP contribution in [0.3, 0.4) is 0 Å². The van der Waals surface area contributed by atoms with E-state index < -0.39 is 6.10 Å². The van der Waals surface area contributed by atoms with E-state index in [2.05, 4.69) is 41.1 Å². The molecule has 9 heteroatoms. The van der Waals surface area contributed by atoms with Crippen molar-refractivity contribution in [2.75, 3.05) is 26.2 Å². The molecule has 4 rings (SSSR count). The Labute approximate surface area is 236 Å². The number of aromatic nitrogens is 3. The van der Waals surface area contributed by atoms with E-state index in [0.717, 1.165) is 37.1 Å². The van der Waals surface area contributed by atoms with Gasteiger partial charge in [0.25, 0.3) is 0 Å². The van der Waals surface area contributed by atoms with Crippen molar-refractivity contribution in [1.82, 2.24) is 20.0 Å². The number of aliphatic hydroxyl groups is 1. The largest absolute Gasteiger partial charge is 0.466 e. The molecule has 0 aliphatic heterocycles. The summed E-state index contributed by atoms with van der Waals surface area (Å²) in [6, 6.07) is 9.56. The highest BCUT2D eigenvalue weighted by Crippen LogP contribution is 2.60. The maximum Gasteiger partial charge on any atom is 0.305 e. The molecule has 1 aliphatic rings. The molecular formula is C31H41N5O4. The molecule has 1 aliphatic carbocycles. The number of carbonyl (C=O) groups is 1. The fourth-order valence-electron chi connectivity index (χ4n) is 5.36. The number of aliphatic hydroxyl groups excluding tert-OH is 1. The van der Waals surface area contributed by atoms with Crippen molar-refractivity contribution in [3.63, 3.8) is 0 Å². The Hall–Kier alpha value is -3.45. The van der Waals surface area contributed by atoms with E-state index in [-0.39, 0.29) is 17.4 Å². The van der Waals surface area contributed by atoms with Crippen LogP contribution in [0.2, 0.25) is 0 Å². The molecule has 1 aromatic carbocycles. The first-order chi connectivity index (χ1) is 19.3. The molecule has 214 valence electrons. The summed E-state index contributed by atoms with van der Waals surface area (Å²) in [5.41, 5.74) is 8.78. The Bertz CT molecular complexity index is 1320. The topological polar surface area (TPSA) is 128 Å². The van der Waals surface area contributed by atoms with Gasteiger partial charge in [0.05, 0.1) is 12.6 Å². The van der Waals surface area contributed by atoms with Crippen molar-refractivity contribution >= 4 is 5.97 Å². The van der Waals surface area contributed by atoms with Crippen LogP contribution in [0, 0.1) is 29.1 Å². The predicted molar refractivity (Wildman–Crippen MR) is 153 cm³/mol. The number of nitrogens with one attached hydrogen (secondary N) is 1. The van der Waals surface area contributed by atoms with Crippen LogP contribution >= 0.6 is 0 Å². The van der Waals surface area contributed by atoms with Crippen molar-refractivity contribution in [2.24, 2.45) is 23.0 Å². The summed E-state index contributed by atoms with van der Waals surface area (Å²) in [4.78, 5) is 15.7. The predicted octanol–water partition coefficient (Wildman–Crippen LogP) is 4.09. The number of nitrogens with two attached hydrogens (primary N) is 1. The summed E-state index contributed by atoms with van der Waals surface area (Å²) in [7, 11) is 0. The van der Waals surface area contributed by atoms with Gasteiger partial charge in [0.15, 0.2) is 5.76 Å². The molecule has 1 unspecified atom stereocenters. The van der Waals surface area contributed by atoms with Crippen LogP contribution in [-0.2, 0) is 9.53 Å². The number of imidazole rings is 1. The molecule has 0 saturated heterocycles. The molecule has 9 nitrogen and oxygen atoms in total. The van der Waals surface area contributed by atoms with Gasteiger partial charge in [-0.3, -0.25) is 4.79 Å². The van der Waals surface area contributed by atoms with Gasteiger partial charge in [0.1, 0.15) is 17.6 Å². The highest BCUT2D eigenvalue weighted by Gasteiger charge is 2.58.